The molecule has 1 N–H and O–H groups in total. The molecule has 0 amide bonds. The Morgan fingerprint density at radius 2 is 1.96 bits per heavy atom. The molecule has 1 aromatic heterocycles. The maximum atomic E-state index is 12.5. The Kier molecular flexibility index (Phi) is 4.22. The summed E-state index contributed by atoms with van der Waals surface area (Å²) in [6.07, 6.45) is 0. The highest BCUT2D eigenvalue weighted by Crippen LogP contribution is 2.25. The van der Waals surface area contributed by atoms with E-state index >= 15 is 0 Å². The molecule has 0 saturated heterocycles. The number of benzene rings is 2. The number of aromatic nitrogens is 2. The third-order valence-electron chi connectivity index (χ3n) is 3.45. The Balaban J connectivity index is 2.43. The van der Waals surface area contributed by atoms with Gasteiger partial charge in [0, 0.05) is 5.02 Å². The molecule has 7 heteroatoms. The summed E-state index contributed by atoms with van der Waals surface area (Å²) in [5, 5.41) is 14.1. The van der Waals surface area contributed by atoms with Gasteiger partial charge in [0.2, 0.25) is 11.1 Å². The second-order valence-electron chi connectivity index (χ2n) is 4.95. The van der Waals surface area contributed by atoms with Gasteiger partial charge < -0.3 is 9.84 Å². The fourth-order valence-electron chi connectivity index (χ4n) is 2.44. The molecule has 1 heterocycles. The first kappa shape index (κ1) is 16.0. The molecule has 24 heavy (non-hydrogen) atoms. The summed E-state index contributed by atoms with van der Waals surface area (Å²) in [4.78, 5) is 24.0. The summed E-state index contributed by atoms with van der Waals surface area (Å²) in [5.41, 5.74) is -0.199. The van der Waals surface area contributed by atoms with Crippen molar-refractivity contribution in [1.82, 2.24) is 9.78 Å². The zero-order chi connectivity index (χ0) is 17.3. The third kappa shape index (κ3) is 2.72. The topological polar surface area (TPSA) is 81.4 Å². The monoisotopic (exact) mass is 344 g/mol. The molecule has 0 aliphatic rings. The number of nitrogens with zero attached hydrogens (tertiary/aromatic N) is 2. The number of carboxylic acid groups (broad SMARTS) is 1. The zero-order valence-electron chi connectivity index (χ0n) is 12.7. The number of hydrogen-bond acceptors (Lipinski definition) is 4. The highest BCUT2D eigenvalue weighted by molar-refractivity contribution is 6.30. The Morgan fingerprint density at radius 1 is 1.25 bits per heavy atom. The Hall–Kier alpha value is -2.86. The summed E-state index contributed by atoms with van der Waals surface area (Å²) in [6, 6.07) is 11.8. The van der Waals surface area contributed by atoms with Crippen molar-refractivity contribution in [3.05, 3.63) is 63.4 Å². The number of carboxylic acids is 1. The fourth-order valence-corrected chi connectivity index (χ4v) is 2.56. The first-order valence-electron chi connectivity index (χ1n) is 7.21. The minimum absolute atomic E-state index is 0.182. The van der Waals surface area contributed by atoms with Crippen molar-refractivity contribution < 1.29 is 14.6 Å². The number of rotatable bonds is 4. The van der Waals surface area contributed by atoms with E-state index in [2.05, 4.69) is 5.10 Å². The molecule has 0 fully saturated rings. The van der Waals surface area contributed by atoms with E-state index in [4.69, 9.17) is 16.3 Å². The lowest BCUT2D eigenvalue weighted by atomic mass is 10.1. The van der Waals surface area contributed by atoms with Crippen molar-refractivity contribution in [2.75, 3.05) is 6.61 Å². The fraction of sp³-hybridized carbons (Fsp3) is 0.118. The van der Waals surface area contributed by atoms with Gasteiger partial charge in [0.05, 0.1) is 23.2 Å². The number of ether oxygens (including phenoxy) is 1. The predicted molar refractivity (Wildman–Crippen MR) is 90.5 cm³/mol. The zero-order valence-corrected chi connectivity index (χ0v) is 13.4. The van der Waals surface area contributed by atoms with Crippen LogP contribution < -0.4 is 10.2 Å². The molecular weight excluding hydrogens is 332 g/mol. The summed E-state index contributed by atoms with van der Waals surface area (Å²) in [6.45, 7) is 2.14. The summed E-state index contributed by atoms with van der Waals surface area (Å²) < 4.78 is 6.89. The summed E-state index contributed by atoms with van der Waals surface area (Å²) >= 11 is 5.90. The molecule has 3 aromatic rings. The SMILES string of the molecule is CCOc1cccc2c1c(=O)c(C(=O)O)nn2-c1ccc(Cl)cc1. The molecule has 122 valence electrons. The van der Waals surface area contributed by atoms with Crippen molar-refractivity contribution in [3.63, 3.8) is 0 Å². The van der Waals surface area contributed by atoms with Gasteiger partial charge in [-0.3, -0.25) is 4.79 Å². The lowest BCUT2D eigenvalue weighted by Gasteiger charge is -2.13. The molecular formula is C17H13ClN2O4. The Morgan fingerprint density at radius 3 is 2.58 bits per heavy atom. The van der Waals surface area contributed by atoms with E-state index in [-0.39, 0.29) is 5.39 Å². The molecule has 0 atom stereocenters. The number of halogens is 1. The highest BCUT2D eigenvalue weighted by Gasteiger charge is 2.20. The third-order valence-corrected chi connectivity index (χ3v) is 3.70. The van der Waals surface area contributed by atoms with Gasteiger partial charge in [0.15, 0.2) is 0 Å². The molecule has 0 radical (unpaired) electrons. The van der Waals surface area contributed by atoms with Crippen molar-refractivity contribution in [2.24, 2.45) is 0 Å². The van der Waals surface area contributed by atoms with Crippen LogP contribution in [0.25, 0.3) is 16.6 Å². The molecule has 0 aliphatic carbocycles. The lowest BCUT2D eigenvalue weighted by molar-refractivity contribution is 0.0687. The van der Waals surface area contributed by atoms with E-state index in [1.54, 1.807) is 49.4 Å². The van der Waals surface area contributed by atoms with Crippen LogP contribution in [-0.4, -0.2) is 27.5 Å². The maximum Gasteiger partial charge on any atom is 0.360 e. The number of aromatic carboxylic acids is 1. The highest BCUT2D eigenvalue weighted by atomic mass is 35.5. The molecule has 0 spiro atoms. The second kappa shape index (κ2) is 6.33. The van der Waals surface area contributed by atoms with Crippen molar-refractivity contribution in [3.8, 4) is 11.4 Å². The maximum absolute atomic E-state index is 12.5. The molecule has 2 aromatic carbocycles. The van der Waals surface area contributed by atoms with E-state index < -0.39 is 17.1 Å². The van der Waals surface area contributed by atoms with Crippen molar-refractivity contribution in [2.45, 2.75) is 6.92 Å². The minimum Gasteiger partial charge on any atom is -0.493 e. The van der Waals surface area contributed by atoms with Gasteiger partial charge in [-0.15, -0.1) is 0 Å². The van der Waals surface area contributed by atoms with Crippen LogP contribution in [0, 0.1) is 0 Å². The Labute approximate surface area is 141 Å². The Bertz CT molecular complexity index is 980. The van der Waals surface area contributed by atoms with Crippen LogP contribution in [0.1, 0.15) is 17.4 Å². The van der Waals surface area contributed by atoms with Crippen LogP contribution in [-0.2, 0) is 0 Å². The van der Waals surface area contributed by atoms with E-state index in [1.165, 1.54) is 4.68 Å². The van der Waals surface area contributed by atoms with E-state index in [0.29, 0.717) is 28.6 Å². The predicted octanol–water partition coefficient (Wildman–Crippen LogP) is 3.14. The lowest BCUT2D eigenvalue weighted by Crippen LogP contribution is -2.23. The number of hydrogen-bond donors (Lipinski definition) is 1. The van der Waals surface area contributed by atoms with Gasteiger partial charge in [-0.1, -0.05) is 17.7 Å². The minimum atomic E-state index is -1.39. The van der Waals surface area contributed by atoms with Crippen LogP contribution in [0.2, 0.25) is 5.02 Å². The first-order chi connectivity index (χ1) is 11.5. The quantitative estimate of drug-likeness (QED) is 0.786. The molecule has 0 saturated carbocycles. The standard InChI is InChI=1S/C17H13ClN2O4/c1-2-24-13-5-3-4-12-14(13)16(21)15(17(22)23)19-20(12)11-8-6-10(18)7-9-11/h3-9H,2H2,1H3,(H,22,23). The van der Waals surface area contributed by atoms with Crippen LogP contribution in [0.5, 0.6) is 5.75 Å². The molecule has 0 bridgehead atoms. The summed E-state index contributed by atoms with van der Waals surface area (Å²) in [5.74, 6) is -1.07. The molecule has 6 nitrogen and oxygen atoms in total. The molecule has 0 aliphatic heterocycles. The normalized spacial score (nSPS) is 10.8. The van der Waals surface area contributed by atoms with Crippen LogP contribution in [0.15, 0.2) is 47.3 Å². The largest absolute Gasteiger partial charge is 0.493 e. The van der Waals surface area contributed by atoms with Gasteiger partial charge in [0.1, 0.15) is 5.75 Å². The van der Waals surface area contributed by atoms with Crippen LogP contribution in [0.4, 0.5) is 0 Å². The van der Waals surface area contributed by atoms with E-state index in [0.717, 1.165) is 0 Å². The average Bonchev–Trinajstić information content (AvgIpc) is 2.56. The first-order valence-corrected chi connectivity index (χ1v) is 7.58. The van der Waals surface area contributed by atoms with Gasteiger partial charge in [0.25, 0.3) is 0 Å². The summed E-state index contributed by atoms with van der Waals surface area (Å²) in [7, 11) is 0. The van der Waals surface area contributed by atoms with E-state index in [1.807, 2.05) is 0 Å². The smallest absolute Gasteiger partial charge is 0.360 e. The second-order valence-corrected chi connectivity index (χ2v) is 5.39. The molecule has 0 unspecified atom stereocenters. The van der Waals surface area contributed by atoms with Gasteiger partial charge in [-0.2, -0.15) is 5.10 Å². The van der Waals surface area contributed by atoms with Crippen LogP contribution >= 0.6 is 11.6 Å². The van der Waals surface area contributed by atoms with E-state index in [9.17, 15) is 14.7 Å². The number of fused-ring (bicyclic) bond motifs is 1. The van der Waals surface area contributed by atoms with Gasteiger partial charge in [-0.05, 0) is 43.3 Å². The number of carbonyl (C=O) groups is 1. The van der Waals surface area contributed by atoms with Gasteiger partial charge in [-0.25, -0.2) is 9.48 Å². The molecule has 3 rings (SSSR count). The van der Waals surface area contributed by atoms with Gasteiger partial charge >= 0.3 is 5.97 Å². The van der Waals surface area contributed by atoms with Crippen molar-refractivity contribution >= 4 is 28.5 Å². The average molecular weight is 345 g/mol. The van der Waals surface area contributed by atoms with Crippen LogP contribution in [0.3, 0.4) is 0 Å². The van der Waals surface area contributed by atoms with Crippen molar-refractivity contribution in [1.29, 1.82) is 0 Å².